The highest BCUT2D eigenvalue weighted by molar-refractivity contribution is 5.92. The summed E-state index contributed by atoms with van der Waals surface area (Å²) in [6.45, 7) is 5.54. The zero-order chi connectivity index (χ0) is 30.3. The fraction of sp³-hybridized carbons (Fsp3) is 0.333. The molecule has 3 N–H and O–H groups in total. The Morgan fingerprint density at radius 2 is 1.36 bits per heavy atom. The van der Waals surface area contributed by atoms with Crippen LogP contribution in [0, 0.1) is 5.41 Å². The Bertz CT molecular complexity index is 1390. The van der Waals surface area contributed by atoms with Crippen molar-refractivity contribution in [3.63, 3.8) is 0 Å². The van der Waals surface area contributed by atoms with Crippen molar-refractivity contribution in [3.05, 3.63) is 95.6 Å². The Morgan fingerprint density at radius 1 is 0.786 bits per heavy atom. The largest absolute Gasteiger partial charge is 0.480 e. The molecular weight excluding hydrogens is 536 g/mol. The molecule has 0 heterocycles. The summed E-state index contributed by atoms with van der Waals surface area (Å²) < 4.78 is 10.9. The van der Waals surface area contributed by atoms with Crippen molar-refractivity contribution in [1.29, 1.82) is 0 Å². The monoisotopic (exact) mass is 572 g/mol. The third-order valence-electron chi connectivity index (χ3n) is 7.00. The van der Waals surface area contributed by atoms with E-state index in [1.54, 1.807) is 24.3 Å². The summed E-state index contributed by atoms with van der Waals surface area (Å²) in [7, 11) is 0. The lowest BCUT2D eigenvalue weighted by atomic mass is 9.88. The standard InChI is InChI=1S/C33H36N2O7/c1-33(2,3)18-28(31(38)39)34-30(37)27(17-29(36)41-19-21-11-5-4-6-12-21)35-32(40)42-20-26-24-15-9-7-13-22(24)23-14-8-10-16-25(23)26/h4-16,26-28H,17-20H2,1-3H3,(H,34,37)(H,35,40)(H,38,39)/t27-,28?/m0/s1. The predicted octanol–water partition coefficient (Wildman–Crippen LogP) is 5.03. The smallest absolute Gasteiger partial charge is 0.407 e. The number of hydrogen-bond donors (Lipinski definition) is 3. The van der Waals surface area contributed by atoms with Gasteiger partial charge in [-0.1, -0.05) is 99.6 Å². The predicted molar refractivity (Wildman–Crippen MR) is 156 cm³/mol. The van der Waals surface area contributed by atoms with E-state index in [9.17, 15) is 24.3 Å². The van der Waals surface area contributed by atoms with E-state index in [4.69, 9.17) is 9.47 Å². The van der Waals surface area contributed by atoms with Gasteiger partial charge in [-0.15, -0.1) is 0 Å². The van der Waals surface area contributed by atoms with Crippen LogP contribution in [-0.4, -0.2) is 47.7 Å². The first-order valence-corrected chi connectivity index (χ1v) is 13.9. The van der Waals surface area contributed by atoms with Gasteiger partial charge in [-0.05, 0) is 39.7 Å². The molecule has 0 saturated carbocycles. The van der Waals surface area contributed by atoms with Crippen LogP contribution in [-0.2, 0) is 30.5 Å². The average molecular weight is 573 g/mol. The van der Waals surface area contributed by atoms with Crippen LogP contribution in [0.15, 0.2) is 78.9 Å². The van der Waals surface area contributed by atoms with Gasteiger partial charge in [0.15, 0.2) is 0 Å². The Hall–Kier alpha value is -4.66. The van der Waals surface area contributed by atoms with E-state index in [2.05, 4.69) is 10.6 Å². The number of hydrogen-bond acceptors (Lipinski definition) is 6. The number of aliphatic carboxylic acids is 1. The van der Waals surface area contributed by atoms with Gasteiger partial charge in [0.25, 0.3) is 0 Å². The van der Waals surface area contributed by atoms with Crippen LogP contribution < -0.4 is 10.6 Å². The SMILES string of the molecule is CC(C)(C)CC(NC(=O)[C@H](CC(=O)OCc1ccccc1)NC(=O)OCC1c2ccccc2-c2ccccc21)C(=O)O. The molecule has 0 saturated heterocycles. The normalized spacial score (nSPS) is 13.7. The van der Waals surface area contributed by atoms with Crippen molar-refractivity contribution in [2.24, 2.45) is 5.41 Å². The molecule has 0 aliphatic heterocycles. The van der Waals surface area contributed by atoms with Crippen molar-refractivity contribution in [2.45, 2.75) is 58.2 Å². The van der Waals surface area contributed by atoms with Crippen molar-refractivity contribution in [2.75, 3.05) is 6.61 Å². The first-order valence-electron chi connectivity index (χ1n) is 13.9. The lowest BCUT2D eigenvalue weighted by Crippen LogP contribution is -2.53. The number of carboxylic acids is 1. The number of carbonyl (C=O) groups excluding carboxylic acids is 3. The molecule has 1 unspecified atom stereocenters. The second kappa shape index (κ2) is 13.3. The first-order chi connectivity index (χ1) is 20.0. The molecule has 9 heteroatoms. The number of alkyl carbamates (subject to hydrolysis) is 1. The van der Waals surface area contributed by atoms with Crippen LogP contribution >= 0.6 is 0 Å². The van der Waals surface area contributed by atoms with Crippen LogP contribution in [0.5, 0.6) is 0 Å². The highest BCUT2D eigenvalue weighted by atomic mass is 16.5. The van der Waals surface area contributed by atoms with E-state index in [0.29, 0.717) is 0 Å². The van der Waals surface area contributed by atoms with Crippen molar-refractivity contribution >= 4 is 23.9 Å². The number of amides is 2. The van der Waals surface area contributed by atoms with Crippen LogP contribution in [0.4, 0.5) is 4.79 Å². The minimum atomic E-state index is -1.41. The number of ether oxygens (including phenoxy) is 2. The van der Waals surface area contributed by atoms with Gasteiger partial charge < -0.3 is 25.2 Å². The summed E-state index contributed by atoms with van der Waals surface area (Å²) in [6, 6.07) is 22.2. The number of benzene rings is 3. The number of esters is 1. The second-order valence-electron chi connectivity index (χ2n) is 11.5. The van der Waals surface area contributed by atoms with E-state index < -0.39 is 47.9 Å². The molecule has 0 spiro atoms. The van der Waals surface area contributed by atoms with Crippen LogP contribution in [0.3, 0.4) is 0 Å². The van der Waals surface area contributed by atoms with E-state index in [0.717, 1.165) is 27.8 Å². The molecule has 0 aromatic heterocycles. The topological polar surface area (TPSA) is 131 Å². The third kappa shape index (κ3) is 7.96. The van der Waals surface area contributed by atoms with Gasteiger partial charge in [0.1, 0.15) is 25.3 Å². The minimum absolute atomic E-state index is 0.00836. The highest BCUT2D eigenvalue weighted by Gasteiger charge is 2.33. The lowest BCUT2D eigenvalue weighted by Gasteiger charge is -2.26. The van der Waals surface area contributed by atoms with Crippen LogP contribution in [0.2, 0.25) is 0 Å². The Labute approximate surface area is 245 Å². The highest BCUT2D eigenvalue weighted by Crippen LogP contribution is 2.44. The number of carboxylic acid groups (broad SMARTS) is 1. The summed E-state index contributed by atoms with van der Waals surface area (Å²) in [5.74, 6) is -2.98. The summed E-state index contributed by atoms with van der Waals surface area (Å²) >= 11 is 0. The minimum Gasteiger partial charge on any atom is -0.480 e. The molecule has 0 bridgehead atoms. The molecule has 3 aromatic rings. The van der Waals surface area contributed by atoms with E-state index in [1.807, 2.05) is 75.4 Å². The second-order valence-corrected chi connectivity index (χ2v) is 11.5. The molecule has 1 aliphatic rings. The average Bonchev–Trinajstić information content (AvgIpc) is 3.27. The molecule has 220 valence electrons. The summed E-state index contributed by atoms with van der Waals surface area (Å²) in [5, 5.41) is 14.6. The van der Waals surface area contributed by atoms with Gasteiger partial charge in [0.05, 0.1) is 6.42 Å². The van der Waals surface area contributed by atoms with Crippen molar-refractivity contribution < 1.29 is 33.8 Å². The van der Waals surface area contributed by atoms with Crippen LogP contribution in [0.25, 0.3) is 11.1 Å². The van der Waals surface area contributed by atoms with E-state index in [1.165, 1.54) is 0 Å². The van der Waals surface area contributed by atoms with Gasteiger partial charge in [-0.3, -0.25) is 9.59 Å². The maximum atomic E-state index is 13.2. The zero-order valence-electron chi connectivity index (χ0n) is 24.0. The van der Waals surface area contributed by atoms with Gasteiger partial charge in [-0.2, -0.15) is 0 Å². The summed E-state index contributed by atoms with van der Waals surface area (Å²) in [6.07, 6.45) is -1.27. The molecule has 9 nitrogen and oxygen atoms in total. The van der Waals surface area contributed by atoms with Crippen molar-refractivity contribution in [1.82, 2.24) is 10.6 Å². The molecule has 2 amide bonds. The lowest BCUT2D eigenvalue weighted by molar-refractivity contribution is -0.147. The quantitative estimate of drug-likeness (QED) is 0.275. The Kier molecular flexibility index (Phi) is 9.62. The van der Waals surface area contributed by atoms with E-state index in [-0.39, 0.29) is 25.6 Å². The van der Waals surface area contributed by atoms with E-state index >= 15 is 0 Å². The number of rotatable bonds is 11. The van der Waals surface area contributed by atoms with Gasteiger partial charge in [0, 0.05) is 5.92 Å². The fourth-order valence-corrected chi connectivity index (χ4v) is 5.04. The third-order valence-corrected chi connectivity index (χ3v) is 7.00. The molecule has 4 rings (SSSR count). The Balaban J connectivity index is 1.44. The zero-order valence-corrected chi connectivity index (χ0v) is 24.0. The van der Waals surface area contributed by atoms with Gasteiger partial charge >= 0.3 is 18.0 Å². The summed E-state index contributed by atoms with van der Waals surface area (Å²) in [4.78, 5) is 50.8. The first kappa shape index (κ1) is 30.3. The molecule has 42 heavy (non-hydrogen) atoms. The maximum absolute atomic E-state index is 13.2. The molecular formula is C33H36N2O7. The molecule has 0 fully saturated rings. The fourth-order valence-electron chi connectivity index (χ4n) is 5.04. The van der Waals surface area contributed by atoms with Crippen molar-refractivity contribution in [3.8, 4) is 11.1 Å². The molecule has 3 aromatic carbocycles. The summed E-state index contributed by atoms with van der Waals surface area (Å²) in [5.41, 5.74) is 4.54. The Morgan fingerprint density at radius 3 is 1.93 bits per heavy atom. The number of nitrogens with one attached hydrogen (secondary N) is 2. The van der Waals surface area contributed by atoms with Gasteiger partial charge in [0.2, 0.25) is 5.91 Å². The molecule has 0 radical (unpaired) electrons. The number of carbonyl (C=O) groups is 4. The molecule has 1 aliphatic carbocycles. The maximum Gasteiger partial charge on any atom is 0.407 e. The number of fused-ring (bicyclic) bond motifs is 3. The molecule has 2 atom stereocenters. The van der Waals surface area contributed by atoms with Crippen LogP contribution in [0.1, 0.15) is 56.2 Å². The van der Waals surface area contributed by atoms with Gasteiger partial charge in [-0.25, -0.2) is 9.59 Å².